The summed E-state index contributed by atoms with van der Waals surface area (Å²) in [4.78, 5) is 16.0. The second-order valence-electron chi connectivity index (χ2n) is 7.15. The van der Waals surface area contributed by atoms with Crippen LogP contribution in [0, 0.1) is 0 Å². The molecule has 0 unspecified atom stereocenters. The quantitative estimate of drug-likeness (QED) is 0.526. The molecule has 0 bridgehead atoms. The van der Waals surface area contributed by atoms with Gasteiger partial charge in [-0.15, -0.1) is 11.3 Å². The lowest BCUT2D eigenvalue weighted by atomic mass is 10.2. The summed E-state index contributed by atoms with van der Waals surface area (Å²) in [5, 5.41) is 5.06. The molecule has 1 amide bonds. The number of halogens is 1. The molecule has 0 aliphatic carbocycles. The Kier molecular flexibility index (Phi) is 7.38. The number of rotatable bonds is 8. The average Bonchev–Trinajstić information content (AvgIpc) is 3.28. The van der Waals surface area contributed by atoms with Crippen molar-refractivity contribution in [2.75, 3.05) is 32.0 Å². The lowest BCUT2D eigenvalue weighted by molar-refractivity contribution is 0.0942. The van der Waals surface area contributed by atoms with Gasteiger partial charge in [0.2, 0.25) is 0 Å². The number of anilines is 1. The Morgan fingerprint density at radius 2 is 1.77 bits per heavy atom. The highest BCUT2D eigenvalue weighted by molar-refractivity contribution is 7.92. The molecule has 0 saturated carbocycles. The number of thiophene rings is 1. The van der Waals surface area contributed by atoms with E-state index in [1.165, 1.54) is 29.6 Å². The molecule has 2 aromatic carbocycles. The van der Waals surface area contributed by atoms with Crippen LogP contribution < -0.4 is 9.62 Å². The van der Waals surface area contributed by atoms with E-state index >= 15 is 0 Å². The van der Waals surface area contributed by atoms with Gasteiger partial charge in [0, 0.05) is 18.5 Å². The number of nitrogens with one attached hydrogen (secondary N) is 1. The molecule has 1 N–H and O–H groups in total. The molecular weight excluding hydrogens is 454 g/mol. The van der Waals surface area contributed by atoms with Crippen molar-refractivity contribution in [3.05, 3.63) is 81.5 Å². The molecule has 164 valence electrons. The van der Waals surface area contributed by atoms with Gasteiger partial charge in [0.05, 0.1) is 27.2 Å². The molecule has 3 aromatic rings. The van der Waals surface area contributed by atoms with Crippen molar-refractivity contribution in [2.45, 2.75) is 10.9 Å². The Hall–Kier alpha value is -2.39. The molecule has 3 rings (SSSR count). The summed E-state index contributed by atoms with van der Waals surface area (Å²) < 4.78 is 27.3. The first-order chi connectivity index (χ1) is 14.7. The van der Waals surface area contributed by atoms with Crippen LogP contribution in [-0.4, -0.2) is 46.9 Å². The maximum absolute atomic E-state index is 13.1. The number of para-hydroxylation sites is 1. The molecule has 0 spiro atoms. The lowest BCUT2D eigenvalue weighted by Gasteiger charge is -2.24. The smallest absolute Gasteiger partial charge is 0.264 e. The molecule has 31 heavy (non-hydrogen) atoms. The van der Waals surface area contributed by atoms with Crippen LogP contribution >= 0.6 is 22.9 Å². The minimum absolute atomic E-state index is 0.00106. The van der Waals surface area contributed by atoms with Crippen molar-refractivity contribution in [1.29, 1.82) is 0 Å². The molecule has 0 aliphatic rings. The first kappa shape index (κ1) is 23.3. The summed E-state index contributed by atoms with van der Waals surface area (Å²) >= 11 is 7.85. The number of carbonyl (C=O) groups is 1. The zero-order valence-electron chi connectivity index (χ0n) is 17.4. The summed E-state index contributed by atoms with van der Waals surface area (Å²) in [7, 11) is 1.50. The molecule has 0 fully saturated rings. The predicted octanol–water partition coefficient (Wildman–Crippen LogP) is 4.26. The second kappa shape index (κ2) is 9.82. The van der Waals surface area contributed by atoms with Gasteiger partial charge in [-0.1, -0.05) is 35.9 Å². The van der Waals surface area contributed by atoms with E-state index in [9.17, 15) is 13.2 Å². The number of carbonyl (C=O) groups excluding carboxylic acids is 1. The fourth-order valence-electron chi connectivity index (χ4n) is 3.08. The Bertz CT molecular complexity index is 1130. The Morgan fingerprint density at radius 3 is 2.39 bits per heavy atom. The third kappa shape index (κ3) is 5.27. The maximum atomic E-state index is 13.1. The van der Waals surface area contributed by atoms with E-state index in [4.69, 9.17) is 11.6 Å². The summed E-state index contributed by atoms with van der Waals surface area (Å²) in [5.41, 5.74) is 0.640. The van der Waals surface area contributed by atoms with E-state index in [0.29, 0.717) is 12.2 Å². The lowest BCUT2D eigenvalue weighted by Crippen LogP contribution is -2.34. The van der Waals surface area contributed by atoms with Crippen molar-refractivity contribution in [3.63, 3.8) is 0 Å². The van der Waals surface area contributed by atoms with Crippen LogP contribution in [0.15, 0.2) is 70.9 Å². The van der Waals surface area contributed by atoms with Crippen LogP contribution in [0.3, 0.4) is 0 Å². The van der Waals surface area contributed by atoms with Crippen molar-refractivity contribution in [2.24, 2.45) is 0 Å². The third-order valence-electron chi connectivity index (χ3n) is 4.91. The summed E-state index contributed by atoms with van der Waals surface area (Å²) in [6, 6.07) is 16.9. The largest absolute Gasteiger partial charge is 0.350 e. The Labute approximate surface area is 192 Å². The van der Waals surface area contributed by atoms with Gasteiger partial charge in [-0.3, -0.25) is 9.10 Å². The number of amides is 1. The van der Waals surface area contributed by atoms with Crippen molar-refractivity contribution in [1.82, 2.24) is 10.2 Å². The van der Waals surface area contributed by atoms with Gasteiger partial charge in [-0.25, -0.2) is 8.42 Å². The zero-order chi connectivity index (χ0) is 22.6. The highest BCUT2D eigenvalue weighted by Crippen LogP contribution is 2.26. The first-order valence-electron chi connectivity index (χ1n) is 9.53. The number of benzene rings is 2. The first-order valence-corrected chi connectivity index (χ1v) is 12.2. The molecule has 9 heteroatoms. The Morgan fingerprint density at radius 1 is 1.06 bits per heavy atom. The SMILES string of the molecule is CN(C)[C@H](CNC(=O)c1cc(S(=O)(=O)N(C)c2ccccc2)ccc1Cl)c1cccs1. The van der Waals surface area contributed by atoms with Gasteiger partial charge < -0.3 is 10.2 Å². The monoisotopic (exact) mass is 477 g/mol. The minimum atomic E-state index is -3.86. The minimum Gasteiger partial charge on any atom is -0.350 e. The number of hydrogen-bond donors (Lipinski definition) is 1. The molecule has 1 aromatic heterocycles. The summed E-state index contributed by atoms with van der Waals surface area (Å²) in [6.45, 7) is 0.365. The fourth-order valence-corrected chi connectivity index (χ4v) is 5.43. The van der Waals surface area contributed by atoms with E-state index in [-0.39, 0.29) is 21.5 Å². The Balaban J connectivity index is 1.82. The molecule has 1 atom stereocenters. The standard InChI is InChI=1S/C22H24ClN3O3S2/c1-25(2)20(21-10-7-13-30-21)15-24-22(27)18-14-17(11-12-19(18)23)31(28,29)26(3)16-8-5-4-6-9-16/h4-14,20H,15H2,1-3H3,(H,24,27)/t20-/m1/s1. The molecule has 1 heterocycles. The molecular formula is C22H24ClN3O3S2. The predicted molar refractivity (Wildman–Crippen MR) is 127 cm³/mol. The van der Waals surface area contributed by atoms with Gasteiger partial charge in [0.1, 0.15) is 0 Å². The second-order valence-corrected chi connectivity index (χ2v) is 10.5. The van der Waals surface area contributed by atoms with Gasteiger partial charge in [-0.05, 0) is 55.9 Å². The van der Waals surface area contributed by atoms with Gasteiger partial charge in [0.15, 0.2) is 0 Å². The van der Waals surface area contributed by atoms with E-state index < -0.39 is 15.9 Å². The highest BCUT2D eigenvalue weighted by Gasteiger charge is 2.24. The molecule has 6 nitrogen and oxygen atoms in total. The van der Waals surface area contributed by atoms with Gasteiger partial charge in [-0.2, -0.15) is 0 Å². The topological polar surface area (TPSA) is 69.7 Å². The van der Waals surface area contributed by atoms with E-state index in [1.807, 2.05) is 42.6 Å². The molecule has 0 saturated heterocycles. The highest BCUT2D eigenvalue weighted by atomic mass is 35.5. The fraction of sp³-hybridized carbons (Fsp3) is 0.227. The third-order valence-corrected chi connectivity index (χ3v) is 8.00. The van der Waals surface area contributed by atoms with Crippen LogP contribution in [0.25, 0.3) is 0 Å². The van der Waals surface area contributed by atoms with Crippen molar-refractivity contribution in [3.8, 4) is 0 Å². The van der Waals surface area contributed by atoms with E-state index in [2.05, 4.69) is 5.32 Å². The van der Waals surface area contributed by atoms with Crippen LogP contribution in [0.1, 0.15) is 21.3 Å². The number of hydrogen-bond acceptors (Lipinski definition) is 5. The summed E-state index contributed by atoms with van der Waals surface area (Å²) in [5.74, 6) is -0.423. The van der Waals surface area contributed by atoms with Crippen LogP contribution in [-0.2, 0) is 10.0 Å². The average molecular weight is 478 g/mol. The van der Waals surface area contributed by atoms with Crippen LogP contribution in [0.4, 0.5) is 5.69 Å². The zero-order valence-corrected chi connectivity index (χ0v) is 19.8. The van der Waals surface area contributed by atoms with Gasteiger partial charge in [0.25, 0.3) is 15.9 Å². The normalized spacial score (nSPS) is 12.5. The number of likely N-dealkylation sites (N-methyl/N-ethyl adjacent to an activating group) is 1. The summed E-state index contributed by atoms with van der Waals surface area (Å²) in [6.07, 6.45) is 0. The van der Waals surface area contributed by atoms with Crippen LogP contribution in [0.2, 0.25) is 5.02 Å². The van der Waals surface area contributed by atoms with Crippen LogP contribution in [0.5, 0.6) is 0 Å². The van der Waals surface area contributed by atoms with Crippen molar-refractivity contribution >= 4 is 44.6 Å². The molecule has 0 radical (unpaired) electrons. The number of nitrogens with zero attached hydrogens (tertiary/aromatic N) is 2. The van der Waals surface area contributed by atoms with Crippen molar-refractivity contribution < 1.29 is 13.2 Å². The van der Waals surface area contributed by atoms with E-state index in [1.54, 1.807) is 35.6 Å². The van der Waals surface area contributed by atoms with Gasteiger partial charge >= 0.3 is 0 Å². The number of sulfonamides is 1. The van der Waals surface area contributed by atoms with E-state index in [0.717, 1.165) is 4.88 Å². The maximum Gasteiger partial charge on any atom is 0.264 e. The molecule has 0 aliphatic heterocycles.